The molecule has 0 aliphatic heterocycles. The second-order valence-corrected chi connectivity index (χ2v) is 6.89. The van der Waals surface area contributed by atoms with Gasteiger partial charge in [-0.3, -0.25) is 4.79 Å². The van der Waals surface area contributed by atoms with Crippen molar-refractivity contribution in [2.24, 2.45) is 0 Å². The monoisotopic (exact) mass is 304 g/mol. The fraction of sp³-hybridized carbons (Fsp3) is 0.400. The van der Waals surface area contributed by atoms with Gasteiger partial charge in [-0.25, -0.2) is 0 Å². The number of nitrogens with zero attached hydrogens (tertiary/aromatic N) is 2. The molecular formula is C15H20N4OS. The number of nitrogens with one attached hydrogen (secondary N) is 1. The molecule has 1 aromatic carbocycles. The van der Waals surface area contributed by atoms with Crippen molar-refractivity contribution in [2.45, 2.75) is 39.0 Å². The second-order valence-electron chi connectivity index (χ2n) is 5.91. The normalized spacial score (nSPS) is 11.4. The number of carbonyl (C=O) groups is 1. The molecule has 1 aromatic heterocycles. The molecule has 2 rings (SSSR count). The smallest absolute Gasteiger partial charge is 0.226 e. The molecule has 112 valence electrons. The summed E-state index contributed by atoms with van der Waals surface area (Å²) < 4.78 is 0. The van der Waals surface area contributed by atoms with Crippen LogP contribution in [0.5, 0.6) is 0 Å². The summed E-state index contributed by atoms with van der Waals surface area (Å²) in [7, 11) is 0. The van der Waals surface area contributed by atoms with Gasteiger partial charge in [-0.1, -0.05) is 50.3 Å². The molecule has 5 nitrogen and oxygen atoms in total. The van der Waals surface area contributed by atoms with E-state index in [9.17, 15) is 4.79 Å². The summed E-state index contributed by atoms with van der Waals surface area (Å²) in [6.45, 7) is 6.20. The first-order valence-corrected chi connectivity index (χ1v) is 7.65. The molecule has 0 radical (unpaired) electrons. The summed E-state index contributed by atoms with van der Waals surface area (Å²) in [5.74, 6) is -0.0742. The lowest BCUT2D eigenvalue weighted by atomic mass is 9.98. The van der Waals surface area contributed by atoms with E-state index in [4.69, 9.17) is 5.73 Å². The lowest BCUT2D eigenvalue weighted by Crippen LogP contribution is -2.12. The SMILES string of the molecule is CC(C)(C)c1nnc(NC(=O)CCc2ccccc2N)s1. The van der Waals surface area contributed by atoms with Crippen LogP contribution in [-0.2, 0) is 16.6 Å². The predicted molar refractivity (Wildman–Crippen MR) is 86.4 cm³/mol. The molecule has 0 atom stereocenters. The number of hydrogen-bond donors (Lipinski definition) is 2. The molecule has 1 heterocycles. The molecule has 0 saturated heterocycles. The van der Waals surface area contributed by atoms with E-state index >= 15 is 0 Å². The molecule has 3 N–H and O–H groups in total. The Labute approximate surface area is 128 Å². The highest BCUT2D eigenvalue weighted by Crippen LogP contribution is 2.27. The summed E-state index contributed by atoms with van der Waals surface area (Å²) in [5, 5.41) is 12.4. The molecule has 0 aliphatic carbocycles. The van der Waals surface area contributed by atoms with Gasteiger partial charge in [0.1, 0.15) is 5.01 Å². The zero-order valence-electron chi connectivity index (χ0n) is 12.5. The third-order valence-corrected chi connectivity index (χ3v) is 4.25. The number of amides is 1. The third kappa shape index (κ3) is 4.26. The molecule has 0 unspecified atom stereocenters. The Morgan fingerprint density at radius 3 is 2.62 bits per heavy atom. The van der Waals surface area contributed by atoms with Crippen molar-refractivity contribution in [1.29, 1.82) is 0 Å². The number of nitrogens with two attached hydrogens (primary N) is 1. The van der Waals surface area contributed by atoms with Crippen molar-refractivity contribution in [3.05, 3.63) is 34.8 Å². The van der Waals surface area contributed by atoms with Crippen LogP contribution in [-0.4, -0.2) is 16.1 Å². The van der Waals surface area contributed by atoms with Crippen LogP contribution in [0.3, 0.4) is 0 Å². The maximum Gasteiger partial charge on any atom is 0.226 e. The van der Waals surface area contributed by atoms with E-state index in [1.807, 2.05) is 24.3 Å². The Balaban J connectivity index is 1.90. The minimum absolute atomic E-state index is 0.0564. The lowest BCUT2D eigenvalue weighted by Gasteiger charge is -2.12. The van der Waals surface area contributed by atoms with Crippen molar-refractivity contribution >= 4 is 28.1 Å². The van der Waals surface area contributed by atoms with Gasteiger partial charge in [-0.2, -0.15) is 0 Å². The third-order valence-electron chi connectivity index (χ3n) is 2.99. The summed E-state index contributed by atoms with van der Waals surface area (Å²) in [4.78, 5) is 11.9. The van der Waals surface area contributed by atoms with E-state index in [0.29, 0.717) is 18.0 Å². The molecule has 0 aliphatic rings. The molecule has 1 amide bonds. The summed E-state index contributed by atoms with van der Waals surface area (Å²) in [5.41, 5.74) is 7.51. The summed E-state index contributed by atoms with van der Waals surface area (Å²) >= 11 is 1.41. The van der Waals surface area contributed by atoms with Crippen LogP contribution in [0.15, 0.2) is 24.3 Å². The fourth-order valence-corrected chi connectivity index (χ4v) is 2.59. The van der Waals surface area contributed by atoms with E-state index in [-0.39, 0.29) is 11.3 Å². The number of benzene rings is 1. The number of para-hydroxylation sites is 1. The van der Waals surface area contributed by atoms with Crippen LogP contribution < -0.4 is 11.1 Å². The minimum atomic E-state index is -0.0742. The maximum atomic E-state index is 11.9. The van der Waals surface area contributed by atoms with Gasteiger partial charge in [0.05, 0.1) is 0 Å². The van der Waals surface area contributed by atoms with Crippen molar-refractivity contribution in [2.75, 3.05) is 11.1 Å². The molecular weight excluding hydrogens is 284 g/mol. The quantitative estimate of drug-likeness (QED) is 0.851. The number of hydrogen-bond acceptors (Lipinski definition) is 5. The summed E-state index contributed by atoms with van der Waals surface area (Å²) in [6, 6.07) is 7.58. The first-order valence-electron chi connectivity index (χ1n) is 6.83. The van der Waals surface area contributed by atoms with Crippen molar-refractivity contribution in [3.63, 3.8) is 0 Å². The Hall–Kier alpha value is -1.95. The molecule has 0 fully saturated rings. The number of aromatic nitrogens is 2. The van der Waals surface area contributed by atoms with Gasteiger partial charge in [-0.05, 0) is 18.1 Å². The lowest BCUT2D eigenvalue weighted by molar-refractivity contribution is -0.116. The standard InChI is InChI=1S/C15H20N4OS/c1-15(2,3)13-18-19-14(21-13)17-12(20)9-8-10-6-4-5-7-11(10)16/h4-7H,8-9,16H2,1-3H3,(H,17,19,20). The topological polar surface area (TPSA) is 80.9 Å². The number of anilines is 2. The van der Waals surface area contributed by atoms with Gasteiger partial charge < -0.3 is 11.1 Å². The number of carbonyl (C=O) groups excluding carboxylic acids is 1. The zero-order chi connectivity index (χ0) is 15.5. The number of aryl methyl sites for hydroxylation is 1. The van der Waals surface area contributed by atoms with Crippen LogP contribution in [0.1, 0.15) is 37.8 Å². The van der Waals surface area contributed by atoms with Crippen LogP contribution in [0.25, 0.3) is 0 Å². The van der Waals surface area contributed by atoms with E-state index in [2.05, 4.69) is 36.3 Å². The van der Waals surface area contributed by atoms with Crippen LogP contribution in [0.4, 0.5) is 10.8 Å². The van der Waals surface area contributed by atoms with Gasteiger partial charge in [0.15, 0.2) is 0 Å². The Bertz CT molecular complexity index is 631. The van der Waals surface area contributed by atoms with Gasteiger partial charge in [0.25, 0.3) is 0 Å². The predicted octanol–water partition coefficient (Wildman–Crippen LogP) is 2.99. The van der Waals surface area contributed by atoms with E-state index in [0.717, 1.165) is 16.3 Å². The Morgan fingerprint density at radius 1 is 1.29 bits per heavy atom. The molecule has 0 saturated carbocycles. The second kappa shape index (κ2) is 6.22. The highest BCUT2D eigenvalue weighted by molar-refractivity contribution is 7.15. The van der Waals surface area contributed by atoms with Crippen LogP contribution >= 0.6 is 11.3 Å². The van der Waals surface area contributed by atoms with E-state index in [1.165, 1.54) is 11.3 Å². The van der Waals surface area contributed by atoms with E-state index in [1.54, 1.807) is 0 Å². The van der Waals surface area contributed by atoms with Crippen molar-refractivity contribution in [3.8, 4) is 0 Å². The highest BCUT2D eigenvalue weighted by Gasteiger charge is 2.19. The van der Waals surface area contributed by atoms with Gasteiger partial charge in [-0.15, -0.1) is 10.2 Å². The number of nitrogen functional groups attached to an aromatic ring is 1. The largest absolute Gasteiger partial charge is 0.399 e. The Kier molecular flexibility index (Phi) is 4.57. The average molecular weight is 304 g/mol. The molecule has 2 aromatic rings. The molecule has 21 heavy (non-hydrogen) atoms. The van der Waals surface area contributed by atoms with Crippen LogP contribution in [0, 0.1) is 0 Å². The first-order chi connectivity index (χ1) is 9.86. The zero-order valence-corrected chi connectivity index (χ0v) is 13.3. The van der Waals surface area contributed by atoms with Crippen molar-refractivity contribution < 1.29 is 4.79 Å². The molecule has 0 bridgehead atoms. The van der Waals surface area contributed by atoms with E-state index < -0.39 is 0 Å². The van der Waals surface area contributed by atoms with Gasteiger partial charge in [0.2, 0.25) is 11.0 Å². The number of rotatable bonds is 4. The highest BCUT2D eigenvalue weighted by atomic mass is 32.1. The van der Waals surface area contributed by atoms with Crippen LogP contribution in [0.2, 0.25) is 0 Å². The first kappa shape index (κ1) is 15.4. The maximum absolute atomic E-state index is 11.9. The molecule has 6 heteroatoms. The van der Waals surface area contributed by atoms with Gasteiger partial charge in [0, 0.05) is 17.5 Å². The Morgan fingerprint density at radius 2 is 2.00 bits per heavy atom. The fourth-order valence-electron chi connectivity index (χ4n) is 1.77. The minimum Gasteiger partial charge on any atom is -0.399 e. The average Bonchev–Trinajstić information content (AvgIpc) is 2.86. The molecule has 0 spiro atoms. The van der Waals surface area contributed by atoms with Crippen molar-refractivity contribution in [1.82, 2.24) is 10.2 Å². The summed E-state index contributed by atoms with van der Waals surface area (Å²) in [6.07, 6.45) is 0.988. The van der Waals surface area contributed by atoms with Gasteiger partial charge >= 0.3 is 0 Å².